The van der Waals surface area contributed by atoms with Crippen molar-refractivity contribution in [2.24, 2.45) is 0 Å². The van der Waals surface area contributed by atoms with E-state index in [1.807, 2.05) is 0 Å². The molecule has 2 aromatic rings. The minimum absolute atomic E-state index is 0.0583. The molecule has 3 nitrogen and oxygen atoms in total. The highest BCUT2D eigenvalue weighted by molar-refractivity contribution is 5.75. The van der Waals surface area contributed by atoms with E-state index in [0.29, 0.717) is 0 Å². The van der Waals surface area contributed by atoms with Gasteiger partial charge in [-0.15, -0.1) is 13.2 Å². The van der Waals surface area contributed by atoms with Crippen LogP contribution in [-0.4, -0.2) is 18.5 Å². The predicted molar refractivity (Wildman–Crippen MR) is 62.9 cm³/mol. The van der Waals surface area contributed by atoms with Crippen molar-refractivity contribution >= 4 is 0 Å². The van der Waals surface area contributed by atoms with Crippen molar-refractivity contribution in [1.82, 2.24) is 4.98 Å². The summed E-state index contributed by atoms with van der Waals surface area (Å²) in [5, 5.41) is 0. The van der Waals surface area contributed by atoms with E-state index in [1.165, 1.54) is 25.3 Å². The Bertz CT molecular complexity index is 614. The first-order valence-corrected chi connectivity index (χ1v) is 5.45. The first-order valence-electron chi connectivity index (χ1n) is 5.45. The van der Waals surface area contributed by atoms with E-state index in [1.54, 1.807) is 0 Å². The highest BCUT2D eigenvalue weighted by Gasteiger charge is 2.32. The largest absolute Gasteiger partial charge is 0.573 e. The highest BCUT2D eigenvalue weighted by Crippen LogP contribution is 2.38. The van der Waals surface area contributed by atoms with Crippen molar-refractivity contribution in [1.29, 1.82) is 0 Å². The molecule has 0 fully saturated rings. The van der Waals surface area contributed by atoms with Gasteiger partial charge >= 0.3 is 6.36 Å². The van der Waals surface area contributed by atoms with E-state index in [2.05, 4.69) is 9.72 Å². The molecule has 0 unspecified atom stereocenters. The fourth-order valence-electron chi connectivity index (χ4n) is 1.69. The molecule has 0 N–H and O–H groups in total. The molecule has 7 heteroatoms. The Morgan fingerprint density at radius 1 is 1.05 bits per heavy atom. The molecule has 106 valence electrons. The van der Waals surface area contributed by atoms with Crippen LogP contribution in [-0.2, 0) is 0 Å². The Balaban J connectivity index is 2.55. The number of alkyl halides is 3. The summed E-state index contributed by atoms with van der Waals surface area (Å²) in [7, 11) is 1.31. The number of halogens is 4. The lowest BCUT2D eigenvalue weighted by atomic mass is 10.1. The molecule has 0 spiro atoms. The number of pyridine rings is 1. The zero-order chi connectivity index (χ0) is 14.8. The van der Waals surface area contributed by atoms with Gasteiger partial charge in [0, 0.05) is 17.2 Å². The van der Waals surface area contributed by atoms with E-state index in [9.17, 15) is 17.6 Å². The fraction of sp³-hybridized carbons (Fsp3) is 0.154. The molecule has 0 aliphatic heterocycles. The van der Waals surface area contributed by atoms with Crippen molar-refractivity contribution in [3.05, 3.63) is 42.5 Å². The van der Waals surface area contributed by atoms with Crippen LogP contribution in [0.1, 0.15) is 0 Å². The minimum Gasteiger partial charge on any atom is -0.494 e. The summed E-state index contributed by atoms with van der Waals surface area (Å²) in [6.07, 6.45) is -3.75. The Morgan fingerprint density at radius 3 is 2.40 bits per heavy atom. The number of aromatic nitrogens is 1. The number of rotatable bonds is 3. The molecule has 0 aliphatic carbocycles. The first-order chi connectivity index (χ1) is 9.40. The third-order valence-electron chi connectivity index (χ3n) is 2.46. The van der Waals surface area contributed by atoms with Gasteiger partial charge in [-0.25, -0.2) is 4.98 Å². The van der Waals surface area contributed by atoms with Gasteiger partial charge in [-0.2, -0.15) is 4.39 Å². The van der Waals surface area contributed by atoms with Crippen molar-refractivity contribution in [3.8, 4) is 22.6 Å². The molecule has 0 bridgehead atoms. The number of benzene rings is 1. The maximum Gasteiger partial charge on any atom is 0.573 e. The zero-order valence-electron chi connectivity index (χ0n) is 10.2. The molecule has 1 heterocycles. The third-order valence-corrected chi connectivity index (χ3v) is 2.46. The fourth-order valence-corrected chi connectivity index (χ4v) is 1.69. The van der Waals surface area contributed by atoms with Crippen molar-refractivity contribution in [3.63, 3.8) is 0 Å². The topological polar surface area (TPSA) is 31.4 Å². The maximum atomic E-state index is 13.2. The summed E-state index contributed by atoms with van der Waals surface area (Å²) in [6, 6.07) is 6.39. The van der Waals surface area contributed by atoms with Gasteiger partial charge in [0.1, 0.15) is 11.5 Å². The predicted octanol–water partition coefficient (Wildman–Crippen LogP) is 3.79. The smallest absolute Gasteiger partial charge is 0.494 e. The molecular formula is C13H9F4NO2. The van der Waals surface area contributed by atoms with Crippen LogP contribution in [0.2, 0.25) is 0 Å². The molecule has 0 saturated carbocycles. The quantitative estimate of drug-likeness (QED) is 0.635. The highest BCUT2D eigenvalue weighted by atomic mass is 19.4. The lowest BCUT2D eigenvalue weighted by molar-refractivity contribution is -0.274. The third kappa shape index (κ3) is 3.17. The average Bonchev–Trinajstić information content (AvgIpc) is 2.37. The van der Waals surface area contributed by atoms with Gasteiger partial charge in [0.2, 0.25) is 5.95 Å². The van der Waals surface area contributed by atoms with E-state index in [4.69, 9.17) is 4.74 Å². The molecule has 0 atom stereocenters. The molecule has 0 saturated heterocycles. The van der Waals surface area contributed by atoms with Crippen LogP contribution in [0.25, 0.3) is 11.1 Å². The van der Waals surface area contributed by atoms with Crippen LogP contribution < -0.4 is 9.47 Å². The van der Waals surface area contributed by atoms with Crippen LogP contribution in [0, 0.1) is 5.95 Å². The number of hydrogen-bond donors (Lipinski definition) is 0. The Morgan fingerprint density at radius 2 is 1.75 bits per heavy atom. The molecule has 0 radical (unpaired) electrons. The Kier molecular flexibility index (Phi) is 3.78. The van der Waals surface area contributed by atoms with Crippen molar-refractivity contribution < 1.29 is 27.0 Å². The molecule has 1 aromatic heterocycles. The zero-order valence-corrected chi connectivity index (χ0v) is 10.2. The van der Waals surface area contributed by atoms with Crippen LogP contribution >= 0.6 is 0 Å². The normalized spacial score (nSPS) is 11.2. The molecule has 0 aliphatic rings. The first kappa shape index (κ1) is 14.1. The van der Waals surface area contributed by atoms with E-state index in [-0.39, 0.29) is 16.9 Å². The van der Waals surface area contributed by atoms with E-state index >= 15 is 0 Å². The molecule has 20 heavy (non-hydrogen) atoms. The van der Waals surface area contributed by atoms with Crippen LogP contribution in [0.15, 0.2) is 36.5 Å². The average molecular weight is 287 g/mol. The van der Waals surface area contributed by atoms with Crippen LogP contribution in [0.3, 0.4) is 0 Å². The number of hydrogen-bond acceptors (Lipinski definition) is 3. The van der Waals surface area contributed by atoms with Gasteiger partial charge in [0.05, 0.1) is 13.3 Å². The number of ether oxygens (including phenoxy) is 2. The standard InChI is InChI=1S/C13H9F4NO2/c1-19-11-7-18-12(14)6-9(11)8-4-2-3-5-10(8)20-13(15,16)17/h2-7H,1H3. The molecule has 1 aromatic carbocycles. The Labute approximate surface area is 111 Å². The minimum atomic E-state index is -4.84. The second-order valence-corrected chi connectivity index (χ2v) is 3.75. The summed E-state index contributed by atoms with van der Waals surface area (Å²) in [5.74, 6) is -1.13. The SMILES string of the molecule is COc1cnc(F)cc1-c1ccccc1OC(F)(F)F. The second-order valence-electron chi connectivity index (χ2n) is 3.75. The van der Waals surface area contributed by atoms with Crippen molar-refractivity contribution in [2.45, 2.75) is 6.36 Å². The van der Waals surface area contributed by atoms with E-state index < -0.39 is 18.1 Å². The number of methoxy groups -OCH3 is 1. The monoisotopic (exact) mass is 287 g/mol. The van der Waals surface area contributed by atoms with Gasteiger partial charge < -0.3 is 9.47 Å². The maximum absolute atomic E-state index is 13.2. The lowest BCUT2D eigenvalue weighted by Gasteiger charge is -2.14. The summed E-state index contributed by atoms with van der Waals surface area (Å²) >= 11 is 0. The van der Waals surface area contributed by atoms with Gasteiger partial charge in [0.15, 0.2) is 0 Å². The second kappa shape index (κ2) is 5.36. The molecule has 2 rings (SSSR count). The van der Waals surface area contributed by atoms with E-state index in [0.717, 1.165) is 18.3 Å². The van der Waals surface area contributed by atoms with Gasteiger partial charge in [-0.05, 0) is 6.07 Å². The van der Waals surface area contributed by atoms with Gasteiger partial charge in [-0.1, -0.05) is 18.2 Å². The summed E-state index contributed by atoms with van der Waals surface area (Å²) in [4.78, 5) is 3.39. The van der Waals surface area contributed by atoms with Crippen LogP contribution in [0.4, 0.5) is 17.6 Å². The van der Waals surface area contributed by atoms with Gasteiger partial charge in [0.25, 0.3) is 0 Å². The summed E-state index contributed by atoms with van der Waals surface area (Å²) in [5.41, 5.74) is 0.183. The lowest BCUT2D eigenvalue weighted by Crippen LogP contribution is -2.17. The van der Waals surface area contributed by atoms with Gasteiger partial charge in [-0.3, -0.25) is 0 Å². The number of nitrogens with zero attached hydrogens (tertiary/aromatic N) is 1. The van der Waals surface area contributed by atoms with Crippen LogP contribution in [0.5, 0.6) is 11.5 Å². The summed E-state index contributed by atoms with van der Waals surface area (Å²) in [6.45, 7) is 0. The Hall–Kier alpha value is -2.31. The number of para-hydroxylation sites is 1. The molecular weight excluding hydrogens is 278 g/mol. The molecule has 0 amide bonds. The van der Waals surface area contributed by atoms with Crippen molar-refractivity contribution in [2.75, 3.05) is 7.11 Å². The summed E-state index contributed by atoms with van der Waals surface area (Å²) < 4.78 is 59.2.